The van der Waals surface area contributed by atoms with Crippen LogP contribution in [0.4, 0.5) is 21.5 Å². The lowest BCUT2D eigenvalue weighted by Gasteiger charge is -2.22. The molecule has 11 nitrogen and oxygen atoms in total. The molecule has 1 unspecified atom stereocenters. The summed E-state index contributed by atoms with van der Waals surface area (Å²) in [4.78, 5) is 36.1. The third kappa shape index (κ3) is 8.35. The second kappa shape index (κ2) is 13.9. The van der Waals surface area contributed by atoms with Crippen molar-refractivity contribution in [3.8, 4) is 0 Å². The van der Waals surface area contributed by atoms with Gasteiger partial charge in [-0.15, -0.1) is 0 Å². The van der Waals surface area contributed by atoms with Gasteiger partial charge in [0.1, 0.15) is 17.5 Å². The van der Waals surface area contributed by atoms with Crippen molar-refractivity contribution in [3.05, 3.63) is 57.4 Å². The Bertz CT molecular complexity index is 1350. The zero-order chi connectivity index (χ0) is 29.4. The van der Waals surface area contributed by atoms with Crippen molar-refractivity contribution in [1.29, 1.82) is 0 Å². The Hall–Kier alpha value is -3.29. The van der Waals surface area contributed by atoms with Crippen molar-refractivity contribution in [1.82, 2.24) is 4.31 Å². The summed E-state index contributed by atoms with van der Waals surface area (Å²) < 4.78 is 46.1. The van der Waals surface area contributed by atoms with Crippen molar-refractivity contribution in [2.75, 3.05) is 30.3 Å². The van der Waals surface area contributed by atoms with Crippen LogP contribution in [-0.2, 0) is 24.3 Å². The smallest absolute Gasteiger partial charge is 0.329 e. The summed E-state index contributed by atoms with van der Waals surface area (Å²) in [5, 5.41) is 16.9. The van der Waals surface area contributed by atoms with Crippen LogP contribution in [0.3, 0.4) is 0 Å². The van der Waals surface area contributed by atoms with Gasteiger partial charge in [-0.2, -0.15) is 4.31 Å². The van der Waals surface area contributed by atoms with Crippen LogP contribution in [0.2, 0.25) is 5.02 Å². The summed E-state index contributed by atoms with van der Waals surface area (Å²) in [6.45, 7) is 3.69. The minimum atomic E-state index is -3.94. The molecule has 1 aliphatic rings. The van der Waals surface area contributed by atoms with E-state index in [1.54, 1.807) is 0 Å². The van der Waals surface area contributed by atoms with Crippen molar-refractivity contribution >= 4 is 50.6 Å². The second-order valence-corrected chi connectivity index (χ2v) is 12.2. The molecular formula is C26H32ClFN4O7S. The molecule has 2 aromatic carbocycles. The number of nitrogens with one attached hydrogen (secondary N) is 2. The number of anilines is 2. The maximum atomic E-state index is 13.3. The minimum absolute atomic E-state index is 0.0398. The number of nitro benzene ring substituents is 1. The van der Waals surface area contributed by atoms with Gasteiger partial charge in [-0.25, -0.2) is 17.6 Å². The average molecular weight is 599 g/mol. The van der Waals surface area contributed by atoms with Crippen LogP contribution in [0, 0.1) is 21.8 Å². The number of amides is 1. The van der Waals surface area contributed by atoms with Crippen molar-refractivity contribution in [2.45, 2.75) is 56.9 Å². The highest BCUT2D eigenvalue weighted by Crippen LogP contribution is 2.31. The number of halogens is 2. The van der Waals surface area contributed by atoms with E-state index in [-0.39, 0.29) is 33.6 Å². The number of nitro groups is 1. The molecule has 0 spiro atoms. The standard InChI is InChI=1S/C26H32ClFN4O7S/c1-17(2)13-23(26(34)39-16-25(33)29-18-7-9-21(28)20(27)14-18)30-22-10-8-19(15-24(22)32(35)36)40(37,38)31-11-5-3-4-6-12-31/h7-10,14-15,17,23,30H,3-6,11-13,16H2,1-2H3,(H,29,33). The van der Waals surface area contributed by atoms with Crippen LogP contribution in [0.1, 0.15) is 46.0 Å². The van der Waals surface area contributed by atoms with Gasteiger partial charge < -0.3 is 15.4 Å². The summed E-state index contributed by atoms with van der Waals surface area (Å²) >= 11 is 5.70. The lowest BCUT2D eigenvalue weighted by Crippen LogP contribution is -2.35. The Morgan fingerprint density at radius 1 is 1.12 bits per heavy atom. The van der Waals surface area contributed by atoms with Gasteiger partial charge in [-0.1, -0.05) is 38.3 Å². The van der Waals surface area contributed by atoms with Crippen LogP contribution in [0.25, 0.3) is 0 Å². The molecule has 1 atom stereocenters. The first kappa shape index (κ1) is 31.2. The fourth-order valence-corrected chi connectivity index (χ4v) is 5.98. The largest absolute Gasteiger partial charge is 0.454 e. The van der Waals surface area contributed by atoms with Crippen LogP contribution in [0.15, 0.2) is 41.3 Å². The Morgan fingerprint density at radius 2 is 1.80 bits per heavy atom. The monoisotopic (exact) mass is 598 g/mol. The average Bonchev–Trinajstić information content (AvgIpc) is 3.19. The van der Waals surface area contributed by atoms with Crippen molar-refractivity contribution < 1.29 is 32.1 Å². The number of ether oxygens (including phenoxy) is 1. The molecule has 0 aromatic heterocycles. The number of carbonyl (C=O) groups excluding carboxylic acids is 2. The number of carbonyl (C=O) groups is 2. The van der Waals surface area contributed by atoms with Gasteiger partial charge in [0.15, 0.2) is 6.61 Å². The van der Waals surface area contributed by atoms with Gasteiger partial charge in [-0.05, 0) is 55.5 Å². The zero-order valence-corrected chi connectivity index (χ0v) is 23.8. The molecular weight excluding hydrogens is 567 g/mol. The number of hydrogen-bond donors (Lipinski definition) is 2. The molecule has 218 valence electrons. The topological polar surface area (TPSA) is 148 Å². The molecule has 1 saturated heterocycles. The van der Waals surface area contributed by atoms with E-state index in [2.05, 4.69) is 10.6 Å². The van der Waals surface area contributed by atoms with E-state index in [0.29, 0.717) is 13.1 Å². The summed E-state index contributed by atoms with van der Waals surface area (Å²) in [6.07, 6.45) is 3.49. The van der Waals surface area contributed by atoms with E-state index in [9.17, 15) is 32.5 Å². The second-order valence-electron chi connectivity index (χ2n) is 9.87. The molecule has 2 aromatic rings. The Morgan fingerprint density at radius 3 is 2.40 bits per heavy atom. The first-order valence-electron chi connectivity index (χ1n) is 12.8. The van der Waals surface area contributed by atoms with E-state index >= 15 is 0 Å². The summed E-state index contributed by atoms with van der Waals surface area (Å²) in [5.74, 6) is -2.23. The van der Waals surface area contributed by atoms with Crippen molar-refractivity contribution in [2.24, 2.45) is 5.92 Å². The molecule has 0 aliphatic carbocycles. The predicted octanol–water partition coefficient (Wildman–Crippen LogP) is 4.96. The quantitative estimate of drug-likeness (QED) is 0.209. The molecule has 1 aliphatic heterocycles. The number of sulfonamides is 1. The van der Waals surface area contributed by atoms with Gasteiger partial charge in [0.25, 0.3) is 11.6 Å². The number of esters is 1. The molecule has 1 heterocycles. The van der Waals surface area contributed by atoms with Crippen molar-refractivity contribution in [3.63, 3.8) is 0 Å². The highest BCUT2D eigenvalue weighted by molar-refractivity contribution is 7.89. The van der Waals surface area contributed by atoms with E-state index in [1.807, 2.05) is 13.8 Å². The third-order valence-electron chi connectivity index (χ3n) is 6.24. The van der Waals surface area contributed by atoms with Gasteiger partial charge in [0.2, 0.25) is 10.0 Å². The van der Waals surface area contributed by atoms with E-state index < -0.39 is 51.0 Å². The highest BCUT2D eigenvalue weighted by atomic mass is 35.5. The van der Waals surface area contributed by atoms with E-state index in [4.69, 9.17) is 16.3 Å². The molecule has 1 amide bonds. The maximum Gasteiger partial charge on any atom is 0.329 e. The Balaban J connectivity index is 1.74. The predicted molar refractivity (Wildman–Crippen MR) is 148 cm³/mol. The number of hydrogen-bond acceptors (Lipinski definition) is 8. The van der Waals surface area contributed by atoms with Gasteiger partial charge >= 0.3 is 5.97 Å². The lowest BCUT2D eigenvalue weighted by atomic mass is 10.0. The first-order valence-corrected chi connectivity index (χ1v) is 14.7. The molecule has 1 fully saturated rings. The normalized spacial score (nSPS) is 15.2. The number of rotatable bonds is 11. The van der Waals surface area contributed by atoms with Gasteiger partial charge in [0.05, 0.1) is 14.8 Å². The van der Waals surface area contributed by atoms with Crippen LogP contribution in [-0.4, -0.2) is 55.3 Å². The lowest BCUT2D eigenvalue weighted by molar-refractivity contribution is -0.384. The minimum Gasteiger partial charge on any atom is -0.454 e. The van der Waals surface area contributed by atoms with Crippen LogP contribution >= 0.6 is 11.6 Å². The van der Waals surface area contributed by atoms with Gasteiger partial charge in [-0.3, -0.25) is 14.9 Å². The molecule has 0 bridgehead atoms. The summed E-state index contributed by atoms with van der Waals surface area (Å²) in [6, 6.07) is 6.02. The molecule has 3 rings (SSSR count). The van der Waals surface area contributed by atoms with E-state index in [0.717, 1.165) is 37.8 Å². The highest BCUT2D eigenvalue weighted by Gasteiger charge is 2.30. The molecule has 40 heavy (non-hydrogen) atoms. The maximum absolute atomic E-state index is 13.3. The summed E-state index contributed by atoms with van der Waals surface area (Å²) in [5.41, 5.74) is -0.369. The van der Waals surface area contributed by atoms with Crippen LogP contribution in [0.5, 0.6) is 0 Å². The zero-order valence-electron chi connectivity index (χ0n) is 22.2. The molecule has 0 radical (unpaired) electrons. The molecule has 2 N–H and O–H groups in total. The Labute approximate surface area is 237 Å². The first-order chi connectivity index (χ1) is 18.9. The molecule has 0 saturated carbocycles. The fourth-order valence-electron chi connectivity index (χ4n) is 4.26. The Kier molecular flexibility index (Phi) is 10.8. The third-order valence-corrected chi connectivity index (χ3v) is 8.42. The van der Waals surface area contributed by atoms with Crippen LogP contribution < -0.4 is 10.6 Å². The van der Waals surface area contributed by atoms with Gasteiger partial charge in [0, 0.05) is 24.8 Å². The summed E-state index contributed by atoms with van der Waals surface area (Å²) in [7, 11) is -3.94. The molecule has 14 heteroatoms. The fraction of sp³-hybridized carbons (Fsp3) is 0.462. The SMILES string of the molecule is CC(C)CC(Nc1ccc(S(=O)(=O)N2CCCCCC2)cc1[N+](=O)[O-])C(=O)OCC(=O)Nc1ccc(F)c(Cl)c1. The number of nitrogens with zero attached hydrogens (tertiary/aromatic N) is 2. The van der Waals surface area contributed by atoms with E-state index in [1.165, 1.54) is 28.6 Å². The number of benzene rings is 2.